The summed E-state index contributed by atoms with van der Waals surface area (Å²) in [4.78, 5) is 12.6. The van der Waals surface area contributed by atoms with Gasteiger partial charge in [-0.05, 0) is 43.2 Å². The van der Waals surface area contributed by atoms with E-state index in [0.717, 1.165) is 10.9 Å². The number of nitrogens with zero attached hydrogens (tertiary/aromatic N) is 4. The van der Waals surface area contributed by atoms with E-state index in [0.29, 0.717) is 18.4 Å². The van der Waals surface area contributed by atoms with E-state index in [1.807, 2.05) is 0 Å². The molecule has 2 heterocycles. The second-order valence-electron chi connectivity index (χ2n) is 6.92. The third-order valence-electron chi connectivity index (χ3n) is 4.65. The number of benzene rings is 1. The summed E-state index contributed by atoms with van der Waals surface area (Å²) in [7, 11) is 0. The summed E-state index contributed by atoms with van der Waals surface area (Å²) in [5.41, 5.74) is 1.15. The molecule has 2 aromatic heterocycles. The summed E-state index contributed by atoms with van der Waals surface area (Å²) >= 11 is 0. The zero-order valence-corrected chi connectivity index (χ0v) is 15.1. The first kappa shape index (κ1) is 19.3. The van der Waals surface area contributed by atoms with Crippen LogP contribution in [0, 0.1) is 5.82 Å². The van der Waals surface area contributed by atoms with Crippen LogP contribution in [0.1, 0.15) is 12.8 Å². The average molecular weight is 407 g/mol. The van der Waals surface area contributed by atoms with Crippen LogP contribution in [-0.2, 0) is 6.54 Å². The Bertz CT molecular complexity index is 997. The van der Waals surface area contributed by atoms with Crippen molar-refractivity contribution in [3.63, 3.8) is 0 Å². The molecule has 10 heteroatoms. The Balaban J connectivity index is 1.74. The van der Waals surface area contributed by atoms with Gasteiger partial charge in [-0.15, -0.1) is 0 Å². The van der Waals surface area contributed by atoms with Crippen LogP contribution < -0.4 is 5.32 Å². The van der Waals surface area contributed by atoms with Crippen LogP contribution in [-0.4, -0.2) is 42.9 Å². The van der Waals surface area contributed by atoms with Crippen LogP contribution in [0.4, 0.5) is 23.5 Å². The Morgan fingerprint density at radius 2 is 1.83 bits per heavy atom. The number of halogens is 4. The molecule has 0 aliphatic heterocycles. The van der Waals surface area contributed by atoms with Gasteiger partial charge in [0.1, 0.15) is 12.4 Å². The first-order chi connectivity index (χ1) is 13.8. The van der Waals surface area contributed by atoms with Gasteiger partial charge in [0.25, 0.3) is 0 Å². The maximum atomic E-state index is 13.3. The SMILES string of the molecule is O[C@H]1C[C@@H](Nc2nccc(-c3c(-c4ccc(F)cc4)ncn3CC(F)(F)F)n2)C1. The molecule has 0 saturated heterocycles. The average Bonchev–Trinajstić information content (AvgIpc) is 3.03. The summed E-state index contributed by atoms with van der Waals surface area (Å²) in [6, 6.07) is 6.85. The maximum Gasteiger partial charge on any atom is 0.406 e. The molecule has 0 atom stereocenters. The number of nitrogens with one attached hydrogen (secondary N) is 1. The lowest BCUT2D eigenvalue weighted by molar-refractivity contribution is -0.140. The predicted molar refractivity (Wildman–Crippen MR) is 97.4 cm³/mol. The minimum Gasteiger partial charge on any atom is -0.393 e. The molecule has 1 saturated carbocycles. The van der Waals surface area contributed by atoms with E-state index < -0.39 is 18.5 Å². The van der Waals surface area contributed by atoms with Crippen molar-refractivity contribution in [1.29, 1.82) is 0 Å². The van der Waals surface area contributed by atoms with Crippen LogP contribution >= 0.6 is 0 Å². The molecule has 2 N–H and O–H groups in total. The van der Waals surface area contributed by atoms with E-state index in [-0.39, 0.29) is 35.2 Å². The molecule has 1 aromatic carbocycles. The van der Waals surface area contributed by atoms with Gasteiger partial charge in [0, 0.05) is 17.8 Å². The highest BCUT2D eigenvalue weighted by atomic mass is 19.4. The predicted octanol–water partition coefficient (Wildman–Crippen LogP) is 3.64. The van der Waals surface area contributed by atoms with Crippen molar-refractivity contribution in [2.45, 2.75) is 37.7 Å². The van der Waals surface area contributed by atoms with E-state index in [4.69, 9.17) is 0 Å². The molecule has 0 radical (unpaired) electrons. The quantitative estimate of drug-likeness (QED) is 0.632. The normalized spacial score (nSPS) is 19.1. The summed E-state index contributed by atoms with van der Waals surface area (Å²) < 4.78 is 53.5. The van der Waals surface area contributed by atoms with E-state index >= 15 is 0 Å². The zero-order valence-electron chi connectivity index (χ0n) is 15.1. The smallest absolute Gasteiger partial charge is 0.393 e. The molecule has 0 bridgehead atoms. The van der Waals surface area contributed by atoms with E-state index in [2.05, 4.69) is 20.3 Å². The second kappa shape index (κ2) is 7.43. The molecule has 0 unspecified atom stereocenters. The Kier molecular flexibility index (Phi) is 4.95. The highest BCUT2D eigenvalue weighted by Crippen LogP contribution is 2.33. The maximum absolute atomic E-state index is 13.3. The molecule has 152 valence electrons. The molecule has 3 aromatic rings. The van der Waals surface area contributed by atoms with Gasteiger partial charge in [-0.25, -0.2) is 19.3 Å². The van der Waals surface area contributed by atoms with Crippen LogP contribution in [0.2, 0.25) is 0 Å². The number of imidazole rings is 1. The Morgan fingerprint density at radius 3 is 2.48 bits per heavy atom. The van der Waals surface area contributed by atoms with Crippen molar-refractivity contribution in [1.82, 2.24) is 19.5 Å². The number of aliphatic hydroxyl groups is 1. The van der Waals surface area contributed by atoms with Gasteiger partial charge < -0.3 is 15.0 Å². The number of anilines is 1. The molecular weight excluding hydrogens is 390 g/mol. The molecule has 1 fully saturated rings. The van der Waals surface area contributed by atoms with Gasteiger partial charge in [0.15, 0.2) is 0 Å². The fourth-order valence-corrected chi connectivity index (χ4v) is 3.23. The van der Waals surface area contributed by atoms with Gasteiger partial charge in [-0.2, -0.15) is 13.2 Å². The van der Waals surface area contributed by atoms with Crippen molar-refractivity contribution in [3.05, 3.63) is 48.7 Å². The van der Waals surface area contributed by atoms with Crippen LogP contribution in [0.15, 0.2) is 42.9 Å². The molecule has 29 heavy (non-hydrogen) atoms. The molecule has 1 aliphatic carbocycles. The van der Waals surface area contributed by atoms with Gasteiger partial charge in [-0.1, -0.05) is 0 Å². The molecule has 0 spiro atoms. The van der Waals surface area contributed by atoms with Gasteiger partial charge in [0.05, 0.1) is 29.5 Å². The minimum absolute atomic E-state index is 0.0110. The fourth-order valence-electron chi connectivity index (χ4n) is 3.23. The number of hydrogen-bond acceptors (Lipinski definition) is 5. The number of aliphatic hydroxyl groups excluding tert-OH is 1. The fraction of sp³-hybridized carbons (Fsp3) is 0.316. The summed E-state index contributed by atoms with van der Waals surface area (Å²) in [5, 5.41) is 12.5. The number of aromatic nitrogens is 4. The number of hydrogen-bond donors (Lipinski definition) is 2. The topological polar surface area (TPSA) is 75.9 Å². The molecule has 4 rings (SSSR count). The van der Waals surface area contributed by atoms with E-state index in [9.17, 15) is 22.7 Å². The third-order valence-corrected chi connectivity index (χ3v) is 4.65. The van der Waals surface area contributed by atoms with Gasteiger partial charge in [-0.3, -0.25) is 0 Å². The largest absolute Gasteiger partial charge is 0.406 e. The Morgan fingerprint density at radius 1 is 1.10 bits per heavy atom. The highest BCUT2D eigenvalue weighted by Gasteiger charge is 2.31. The van der Waals surface area contributed by atoms with Crippen LogP contribution in [0.25, 0.3) is 22.6 Å². The molecule has 6 nitrogen and oxygen atoms in total. The van der Waals surface area contributed by atoms with Crippen molar-refractivity contribution in [3.8, 4) is 22.6 Å². The van der Waals surface area contributed by atoms with Crippen molar-refractivity contribution in [2.24, 2.45) is 0 Å². The molecular formula is C19H17F4N5O. The minimum atomic E-state index is -4.45. The van der Waals surface area contributed by atoms with Crippen LogP contribution in [0.5, 0.6) is 0 Å². The Labute approximate surface area is 163 Å². The van der Waals surface area contributed by atoms with Gasteiger partial charge >= 0.3 is 6.18 Å². The molecule has 1 aliphatic rings. The lowest BCUT2D eigenvalue weighted by Crippen LogP contribution is -2.39. The van der Waals surface area contributed by atoms with Crippen molar-refractivity contribution in [2.75, 3.05) is 5.32 Å². The highest BCUT2D eigenvalue weighted by molar-refractivity contribution is 5.77. The van der Waals surface area contributed by atoms with E-state index in [1.165, 1.54) is 36.5 Å². The monoisotopic (exact) mass is 407 g/mol. The van der Waals surface area contributed by atoms with Crippen molar-refractivity contribution < 1.29 is 22.7 Å². The van der Waals surface area contributed by atoms with Crippen LogP contribution in [0.3, 0.4) is 0 Å². The summed E-state index contributed by atoms with van der Waals surface area (Å²) in [5.74, 6) is -0.203. The molecule has 0 amide bonds. The first-order valence-corrected chi connectivity index (χ1v) is 8.94. The summed E-state index contributed by atoms with van der Waals surface area (Å²) in [6.07, 6.45) is -1.17. The Hall–Kier alpha value is -3.01. The summed E-state index contributed by atoms with van der Waals surface area (Å²) in [6.45, 7) is -1.24. The lowest BCUT2D eigenvalue weighted by Gasteiger charge is -2.31. The standard InChI is InChI=1S/C19H17F4N5O/c20-12-3-1-11(2-4-12)16-17(28(10-25-16)9-19(21,22)23)15-5-6-24-18(27-15)26-13-7-14(29)8-13/h1-6,10,13-14,29H,7-9H2,(H,24,26,27)/t13-,14+. The second-order valence-corrected chi connectivity index (χ2v) is 6.92. The number of alkyl halides is 3. The zero-order chi connectivity index (χ0) is 20.6. The first-order valence-electron chi connectivity index (χ1n) is 8.94. The lowest BCUT2D eigenvalue weighted by atomic mass is 9.90. The third kappa shape index (κ3) is 4.37. The van der Waals surface area contributed by atoms with Crippen molar-refractivity contribution >= 4 is 5.95 Å². The van der Waals surface area contributed by atoms with E-state index in [1.54, 1.807) is 0 Å². The van der Waals surface area contributed by atoms with Gasteiger partial charge in [0.2, 0.25) is 5.95 Å². The number of rotatable bonds is 5.